The Labute approximate surface area is 200 Å². The number of nitrogens with zero attached hydrogens (tertiary/aromatic N) is 2. The summed E-state index contributed by atoms with van der Waals surface area (Å²) in [6, 6.07) is 12.2. The number of hydrogen-bond acceptors (Lipinski definition) is 7. The minimum atomic E-state index is -0.354. The van der Waals surface area contributed by atoms with Crippen molar-refractivity contribution in [1.82, 2.24) is 9.97 Å². The maximum Gasteiger partial charge on any atom is 0.252 e. The van der Waals surface area contributed by atoms with E-state index in [2.05, 4.69) is 72.6 Å². The largest absolute Gasteiger partial charge is 0.362 e. The number of thiazole rings is 2. The number of aromatic nitrogens is 2. The predicted molar refractivity (Wildman–Crippen MR) is 135 cm³/mol. The fourth-order valence-corrected chi connectivity index (χ4v) is 5.12. The molecule has 0 aliphatic rings. The van der Waals surface area contributed by atoms with E-state index in [-0.39, 0.29) is 25.0 Å². The molecule has 0 fully saturated rings. The van der Waals surface area contributed by atoms with Crippen LogP contribution in [0.25, 0.3) is 20.4 Å². The van der Waals surface area contributed by atoms with Gasteiger partial charge in [-0.25, -0.2) is 9.97 Å². The molecule has 4 rings (SSSR count). The monoisotopic (exact) mass is 482 g/mol. The molecule has 0 bridgehead atoms. The Morgan fingerprint density at radius 3 is 1.61 bits per heavy atom. The Morgan fingerprint density at radius 1 is 0.788 bits per heavy atom. The van der Waals surface area contributed by atoms with Gasteiger partial charge in [0.25, 0.3) is 11.8 Å². The highest BCUT2D eigenvalue weighted by molar-refractivity contribution is 7.22. The first kappa shape index (κ1) is 23.3. The predicted octanol–water partition coefficient (Wildman–Crippen LogP) is 5.75. The van der Waals surface area contributed by atoms with E-state index >= 15 is 0 Å². The average molecular weight is 483 g/mol. The van der Waals surface area contributed by atoms with E-state index < -0.39 is 0 Å². The molecule has 0 aliphatic heterocycles. The minimum Gasteiger partial charge on any atom is -0.362 e. The van der Waals surface area contributed by atoms with Crippen LogP contribution in [0.5, 0.6) is 0 Å². The summed E-state index contributed by atoms with van der Waals surface area (Å²) in [5, 5.41) is 6.50. The van der Waals surface area contributed by atoms with Gasteiger partial charge in [0.1, 0.15) is 13.2 Å². The maximum atomic E-state index is 12.2. The molecule has 0 atom stereocenters. The van der Waals surface area contributed by atoms with E-state index in [0.29, 0.717) is 22.1 Å². The van der Waals surface area contributed by atoms with Crippen LogP contribution >= 0.6 is 22.7 Å². The van der Waals surface area contributed by atoms with Gasteiger partial charge < -0.3 is 4.74 Å². The van der Waals surface area contributed by atoms with Crippen molar-refractivity contribution in [2.24, 2.45) is 0 Å². The molecule has 2 aromatic carbocycles. The van der Waals surface area contributed by atoms with Crippen LogP contribution in [0.1, 0.15) is 50.7 Å². The van der Waals surface area contributed by atoms with Gasteiger partial charge >= 0.3 is 0 Å². The standard InChI is InChI=1S/C24H26N4O3S2/c1-13(2)15-5-7-17-19(9-15)32-23(25-17)27-21(29)11-31-12-22(30)28-24-26-18-8-6-16(14(3)4)10-20(18)33-24/h5-10,13-14H,11-12H2,1-4H3,(H,25,27,29)(H,26,28,30). The van der Waals surface area contributed by atoms with E-state index in [1.807, 2.05) is 12.1 Å². The summed E-state index contributed by atoms with van der Waals surface area (Å²) in [7, 11) is 0. The van der Waals surface area contributed by atoms with E-state index in [9.17, 15) is 9.59 Å². The lowest BCUT2D eigenvalue weighted by Gasteiger charge is -2.04. The third kappa shape index (κ3) is 5.73. The van der Waals surface area contributed by atoms with Crippen LogP contribution in [0.2, 0.25) is 0 Å². The first-order valence-corrected chi connectivity index (χ1v) is 12.4. The summed E-state index contributed by atoms with van der Waals surface area (Å²) in [4.78, 5) is 33.3. The lowest BCUT2D eigenvalue weighted by atomic mass is 10.0. The number of amides is 2. The second-order valence-corrected chi connectivity index (χ2v) is 10.5. The molecule has 4 aromatic rings. The van der Waals surface area contributed by atoms with Gasteiger partial charge in [0, 0.05) is 0 Å². The number of benzene rings is 2. The zero-order valence-electron chi connectivity index (χ0n) is 19.0. The van der Waals surface area contributed by atoms with Gasteiger partial charge in [-0.15, -0.1) is 0 Å². The molecule has 0 spiro atoms. The van der Waals surface area contributed by atoms with Crippen molar-refractivity contribution in [2.45, 2.75) is 39.5 Å². The summed E-state index contributed by atoms with van der Waals surface area (Å²) < 4.78 is 7.32. The number of anilines is 2. The molecule has 2 aromatic heterocycles. The number of ether oxygens (including phenoxy) is 1. The Hall–Kier alpha value is -2.88. The lowest BCUT2D eigenvalue weighted by Crippen LogP contribution is -2.23. The number of nitrogens with one attached hydrogen (secondary N) is 2. The van der Waals surface area contributed by atoms with Crippen LogP contribution in [-0.2, 0) is 14.3 Å². The van der Waals surface area contributed by atoms with Crippen molar-refractivity contribution in [2.75, 3.05) is 23.8 Å². The molecule has 9 heteroatoms. The highest BCUT2D eigenvalue weighted by Crippen LogP contribution is 2.30. The molecule has 0 aliphatic carbocycles. The van der Waals surface area contributed by atoms with Crippen molar-refractivity contribution in [3.8, 4) is 0 Å². The Kier molecular flexibility index (Phi) is 7.02. The number of carbonyl (C=O) groups is 2. The summed E-state index contributed by atoms with van der Waals surface area (Å²) in [5.41, 5.74) is 4.14. The average Bonchev–Trinajstić information content (AvgIpc) is 3.34. The third-order valence-electron chi connectivity index (χ3n) is 5.12. The van der Waals surface area contributed by atoms with Crippen LogP contribution in [0.3, 0.4) is 0 Å². The zero-order valence-corrected chi connectivity index (χ0v) is 20.6. The van der Waals surface area contributed by atoms with Crippen LogP contribution in [0.15, 0.2) is 36.4 Å². The van der Waals surface area contributed by atoms with E-state index in [0.717, 1.165) is 20.4 Å². The summed E-state index contributed by atoms with van der Waals surface area (Å²) in [6.07, 6.45) is 0. The number of fused-ring (bicyclic) bond motifs is 2. The molecule has 0 radical (unpaired) electrons. The van der Waals surface area contributed by atoms with E-state index in [1.165, 1.54) is 33.8 Å². The molecule has 0 saturated heterocycles. The maximum absolute atomic E-state index is 12.2. The lowest BCUT2D eigenvalue weighted by molar-refractivity contribution is -0.125. The Balaban J connectivity index is 1.26. The van der Waals surface area contributed by atoms with Crippen molar-refractivity contribution >= 4 is 65.2 Å². The first-order valence-electron chi connectivity index (χ1n) is 10.8. The molecule has 7 nitrogen and oxygen atoms in total. The molecule has 2 heterocycles. The van der Waals surface area contributed by atoms with Crippen molar-refractivity contribution in [3.05, 3.63) is 47.5 Å². The van der Waals surface area contributed by atoms with Gasteiger partial charge in [0.2, 0.25) is 0 Å². The quantitative estimate of drug-likeness (QED) is 0.334. The molecule has 172 valence electrons. The van der Waals surface area contributed by atoms with Gasteiger partial charge in [0.05, 0.1) is 20.4 Å². The fourth-order valence-electron chi connectivity index (χ4n) is 3.25. The van der Waals surface area contributed by atoms with Crippen LogP contribution in [0.4, 0.5) is 10.3 Å². The second kappa shape index (κ2) is 9.94. The van der Waals surface area contributed by atoms with Crippen LogP contribution in [0, 0.1) is 0 Å². The third-order valence-corrected chi connectivity index (χ3v) is 6.98. The Bertz CT molecular complexity index is 1210. The summed E-state index contributed by atoms with van der Waals surface area (Å²) >= 11 is 2.84. The highest BCUT2D eigenvalue weighted by atomic mass is 32.1. The molecule has 0 saturated carbocycles. The summed E-state index contributed by atoms with van der Waals surface area (Å²) in [5.74, 6) is 0.142. The highest BCUT2D eigenvalue weighted by Gasteiger charge is 2.12. The van der Waals surface area contributed by atoms with Crippen molar-refractivity contribution < 1.29 is 14.3 Å². The molecule has 0 unspecified atom stereocenters. The van der Waals surface area contributed by atoms with Gasteiger partial charge in [-0.3, -0.25) is 20.2 Å². The molecule has 2 amide bonds. The van der Waals surface area contributed by atoms with Crippen molar-refractivity contribution in [1.29, 1.82) is 0 Å². The minimum absolute atomic E-state index is 0.238. The summed E-state index contributed by atoms with van der Waals surface area (Å²) in [6.45, 7) is 8.07. The number of rotatable bonds is 8. The number of hydrogen-bond donors (Lipinski definition) is 2. The SMILES string of the molecule is CC(C)c1ccc2nc(NC(=O)COCC(=O)Nc3nc4ccc(C(C)C)cc4s3)sc2c1. The van der Waals surface area contributed by atoms with E-state index in [1.54, 1.807) is 0 Å². The smallest absolute Gasteiger partial charge is 0.252 e. The Morgan fingerprint density at radius 2 is 1.21 bits per heavy atom. The van der Waals surface area contributed by atoms with Crippen LogP contribution < -0.4 is 10.6 Å². The zero-order chi connectivity index (χ0) is 23.5. The first-order chi connectivity index (χ1) is 15.8. The fraction of sp³-hybridized carbons (Fsp3) is 0.333. The second-order valence-electron chi connectivity index (χ2n) is 8.39. The number of carbonyl (C=O) groups excluding carboxylic acids is 2. The van der Waals surface area contributed by atoms with Gasteiger partial charge in [-0.05, 0) is 47.2 Å². The molecular formula is C24H26N4O3S2. The van der Waals surface area contributed by atoms with E-state index in [4.69, 9.17) is 4.74 Å². The van der Waals surface area contributed by atoms with Gasteiger partial charge in [-0.1, -0.05) is 62.5 Å². The molecule has 33 heavy (non-hydrogen) atoms. The van der Waals surface area contributed by atoms with Gasteiger partial charge in [-0.2, -0.15) is 0 Å². The normalized spacial score (nSPS) is 11.6. The molecule has 2 N–H and O–H groups in total. The molecular weight excluding hydrogens is 456 g/mol. The van der Waals surface area contributed by atoms with Gasteiger partial charge in [0.15, 0.2) is 10.3 Å². The van der Waals surface area contributed by atoms with Crippen molar-refractivity contribution in [3.63, 3.8) is 0 Å². The van der Waals surface area contributed by atoms with Crippen LogP contribution in [-0.4, -0.2) is 35.0 Å². The topological polar surface area (TPSA) is 93.2 Å².